The lowest BCUT2D eigenvalue weighted by Crippen LogP contribution is -2.41. The van der Waals surface area contributed by atoms with E-state index in [2.05, 4.69) is 0 Å². The predicted octanol–water partition coefficient (Wildman–Crippen LogP) is 5.61. The number of benzene rings is 3. The third-order valence-electron chi connectivity index (χ3n) is 5.29. The molecule has 4 rings (SSSR count). The molecule has 3 aromatic carbocycles. The van der Waals surface area contributed by atoms with Gasteiger partial charge in [-0.05, 0) is 60.5 Å². The number of halogens is 3. The van der Waals surface area contributed by atoms with E-state index in [0.717, 1.165) is 17.0 Å². The Hall–Kier alpha value is -4.20. The van der Waals surface area contributed by atoms with Crippen molar-refractivity contribution in [3.63, 3.8) is 0 Å². The Kier molecular flexibility index (Phi) is 6.06. The van der Waals surface area contributed by atoms with Crippen LogP contribution < -0.4 is 4.90 Å². The first-order valence-electron chi connectivity index (χ1n) is 10.4. The third kappa shape index (κ3) is 4.22. The molecule has 34 heavy (non-hydrogen) atoms. The molecule has 0 radical (unpaired) electrons. The number of carbonyl (C=O) groups excluding carboxylic acids is 3. The number of carbonyl (C=O) groups is 3. The molecule has 0 saturated carbocycles. The summed E-state index contributed by atoms with van der Waals surface area (Å²) in [6, 6.07) is 16.8. The molecule has 0 bridgehead atoms. The highest BCUT2D eigenvalue weighted by atomic mass is 19.4. The minimum absolute atomic E-state index is 0.0543. The van der Waals surface area contributed by atoms with E-state index in [1.807, 2.05) is 0 Å². The smallest absolute Gasteiger partial charge is 0.416 e. The van der Waals surface area contributed by atoms with E-state index < -0.39 is 29.5 Å². The molecule has 0 N–H and O–H groups in total. The van der Waals surface area contributed by atoms with Crippen molar-refractivity contribution in [2.75, 3.05) is 11.5 Å². The molecule has 1 aliphatic rings. The fourth-order valence-corrected chi connectivity index (χ4v) is 3.72. The number of hydrogen-bond acceptors (Lipinski definition) is 4. The van der Waals surface area contributed by atoms with Gasteiger partial charge in [0.2, 0.25) is 0 Å². The number of ether oxygens (including phenoxy) is 1. The molecule has 0 atom stereocenters. The van der Waals surface area contributed by atoms with Gasteiger partial charge in [-0.15, -0.1) is 0 Å². The van der Waals surface area contributed by atoms with Crippen molar-refractivity contribution >= 4 is 35.1 Å². The van der Waals surface area contributed by atoms with Crippen LogP contribution in [0.1, 0.15) is 44.3 Å². The maximum Gasteiger partial charge on any atom is 0.416 e. The summed E-state index contributed by atoms with van der Waals surface area (Å²) in [7, 11) is 0. The summed E-state index contributed by atoms with van der Waals surface area (Å²) in [5.41, 5.74) is -0.317. The fraction of sp³-hybridized carbons (Fsp3) is 0.115. The molecule has 3 aromatic rings. The standard InChI is InChI=1S/C26H18F3NO4/c1-2-34-25(33)16-11-13-18(14-12-16)30-23(31)20-9-5-4-8-19(20)21(24(30)32)15-17-7-3-6-10-22(17)26(27,28)29/h3-15H,2H2,1H3. The van der Waals surface area contributed by atoms with Crippen LogP contribution in [0.4, 0.5) is 18.9 Å². The highest BCUT2D eigenvalue weighted by Crippen LogP contribution is 2.37. The van der Waals surface area contributed by atoms with Crippen molar-refractivity contribution in [2.45, 2.75) is 13.1 Å². The van der Waals surface area contributed by atoms with Crippen LogP contribution in [0.5, 0.6) is 0 Å². The van der Waals surface area contributed by atoms with Crippen molar-refractivity contribution in [3.05, 3.63) is 101 Å². The quantitative estimate of drug-likeness (QED) is 0.286. The third-order valence-corrected chi connectivity index (χ3v) is 5.29. The molecule has 1 aliphatic heterocycles. The summed E-state index contributed by atoms with van der Waals surface area (Å²) in [5.74, 6) is -1.95. The molecule has 5 nitrogen and oxygen atoms in total. The Morgan fingerprint density at radius 2 is 1.50 bits per heavy atom. The molecule has 0 aliphatic carbocycles. The fourth-order valence-electron chi connectivity index (χ4n) is 3.72. The summed E-state index contributed by atoms with van der Waals surface area (Å²) in [6.07, 6.45) is -3.47. The second-order valence-electron chi connectivity index (χ2n) is 7.40. The van der Waals surface area contributed by atoms with Gasteiger partial charge in [-0.25, -0.2) is 9.69 Å². The molecule has 0 aromatic heterocycles. The molecular weight excluding hydrogens is 447 g/mol. The van der Waals surface area contributed by atoms with E-state index in [4.69, 9.17) is 4.74 Å². The second kappa shape index (κ2) is 8.97. The lowest BCUT2D eigenvalue weighted by molar-refractivity contribution is -0.137. The Bertz CT molecular complexity index is 1310. The van der Waals surface area contributed by atoms with Gasteiger partial charge >= 0.3 is 12.1 Å². The number of amides is 2. The number of nitrogens with zero attached hydrogens (tertiary/aromatic N) is 1. The van der Waals surface area contributed by atoms with Crippen LogP contribution in [-0.4, -0.2) is 24.4 Å². The topological polar surface area (TPSA) is 63.7 Å². The lowest BCUT2D eigenvalue weighted by Gasteiger charge is -2.29. The average molecular weight is 465 g/mol. The zero-order valence-corrected chi connectivity index (χ0v) is 17.9. The Balaban J connectivity index is 1.83. The summed E-state index contributed by atoms with van der Waals surface area (Å²) >= 11 is 0. The van der Waals surface area contributed by atoms with Crippen molar-refractivity contribution < 1.29 is 32.3 Å². The van der Waals surface area contributed by atoms with Gasteiger partial charge in [0.25, 0.3) is 11.8 Å². The molecule has 1 heterocycles. The number of rotatable bonds is 4. The zero-order valence-electron chi connectivity index (χ0n) is 17.9. The number of alkyl halides is 3. The molecule has 0 saturated heterocycles. The summed E-state index contributed by atoms with van der Waals surface area (Å²) in [6.45, 7) is 1.85. The maximum absolute atomic E-state index is 13.5. The first-order valence-corrected chi connectivity index (χ1v) is 10.4. The van der Waals surface area contributed by atoms with Crippen molar-refractivity contribution in [1.29, 1.82) is 0 Å². The SMILES string of the molecule is CCOC(=O)c1ccc(N2C(=O)C(=Cc3ccccc3C(F)(F)F)c3ccccc3C2=O)cc1. The van der Waals surface area contributed by atoms with Crippen LogP contribution in [0.2, 0.25) is 0 Å². The maximum atomic E-state index is 13.5. The Morgan fingerprint density at radius 1 is 0.882 bits per heavy atom. The largest absolute Gasteiger partial charge is 0.462 e. The summed E-state index contributed by atoms with van der Waals surface area (Å²) in [5, 5.41) is 0. The van der Waals surface area contributed by atoms with Gasteiger partial charge < -0.3 is 4.74 Å². The first kappa shape index (κ1) is 23.0. The van der Waals surface area contributed by atoms with Crippen LogP contribution >= 0.6 is 0 Å². The van der Waals surface area contributed by atoms with Gasteiger partial charge in [-0.1, -0.05) is 36.4 Å². The number of fused-ring (bicyclic) bond motifs is 1. The van der Waals surface area contributed by atoms with Gasteiger partial charge in [-0.3, -0.25) is 9.59 Å². The van der Waals surface area contributed by atoms with Crippen LogP contribution in [0.3, 0.4) is 0 Å². The van der Waals surface area contributed by atoms with Crippen LogP contribution in [0.15, 0.2) is 72.8 Å². The average Bonchev–Trinajstić information content (AvgIpc) is 2.82. The second-order valence-corrected chi connectivity index (χ2v) is 7.40. The molecule has 172 valence electrons. The number of imide groups is 1. The highest BCUT2D eigenvalue weighted by Gasteiger charge is 2.37. The minimum Gasteiger partial charge on any atom is -0.462 e. The van der Waals surface area contributed by atoms with E-state index in [1.165, 1.54) is 54.6 Å². The monoisotopic (exact) mass is 465 g/mol. The predicted molar refractivity (Wildman–Crippen MR) is 120 cm³/mol. The molecule has 2 amide bonds. The number of hydrogen-bond donors (Lipinski definition) is 0. The first-order chi connectivity index (χ1) is 16.2. The molecule has 8 heteroatoms. The zero-order chi connectivity index (χ0) is 24.5. The van der Waals surface area contributed by atoms with E-state index in [9.17, 15) is 27.6 Å². The van der Waals surface area contributed by atoms with Crippen LogP contribution in [0.25, 0.3) is 11.6 Å². The van der Waals surface area contributed by atoms with Crippen LogP contribution in [0, 0.1) is 0 Å². The van der Waals surface area contributed by atoms with Gasteiger partial charge in [0.1, 0.15) is 0 Å². The summed E-state index contributed by atoms with van der Waals surface area (Å²) < 4.78 is 45.6. The van der Waals surface area contributed by atoms with Gasteiger partial charge in [-0.2, -0.15) is 13.2 Å². The van der Waals surface area contributed by atoms with Crippen molar-refractivity contribution in [2.24, 2.45) is 0 Å². The lowest BCUT2D eigenvalue weighted by atomic mass is 9.91. The van der Waals surface area contributed by atoms with Crippen molar-refractivity contribution in [1.82, 2.24) is 0 Å². The van der Waals surface area contributed by atoms with E-state index >= 15 is 0 Å². The molecule has 0 unspecified atom stereocenters. The highest BCUT2D eigenvalue weighted by molar-refractivity contribution is 6.43. The van der Waals surface area contributed by atoms with E-state index in [0.29, 0.717) is 0 Å². The number of anilines is 1. The molecular formula is C26H18F3NO4. The van der Waals surface area contributed by atoms with E-state index in [1.54, 1.807) is 19.1 Å². The normalized spacial score (nSPS) is 14.8. The summed E-state index contributed by atoms with van der Waals surface area (Å²) in [4.78, 5) is 39.4. The molecule has 0 spiro atoms. The Labute approximate surface area is 193 Å². The van der Waals surface area contributed by atoms with Gasteiger partial charge in [0.15, 0.2) is 0 Å². The molecule has 0 fully saturated rings. The van der Waals surface area contributed by atoms with Gasteiger partial charge in [0.05, 0.1) is 23.4 Å². The van der Waals surface area contributed by atoms with Crippen LogP contribution in [-0.2, 0) is 15.7 Å². The Morgan fingerprint density at radius 3 is 2.15 bits per heavy atom. The van der Waals surface area contributed by atoms with Gasteiger partial charge in [0, 0.05) is 11.1 Å². The van der Waals surface area contributed by atoms with Crippen molar-refractivity contribution in [3.8, 4) is 0 Å². The number of esters is 1. The minimum atomic E-state index is -4.62. The van der Waals surface area contributed by atoms with E-state index in [-0.39, 0.29) is 40.1 Å².